The van der Waals surface area contributed by atoms with E-state index in [0.29, 0.717) is 11.8 Å². The van der Waals surface area contributed by atoms with Gasteiger partial charge in [-0.25, -0.2) is 0 Å². The lowest BCUT2D eigenvalue weighted by Gasteiger charge is -2.14. The minimum Gasteiger partial charge on any atom is -0.298 e. The van der Waals surface area contributed by atoms with Crippen LogP contribution in [0.1, 0.15) is 115 Å². The van der Waals surface area contributed by atoms with E-state index in [1.54, 1.807) is 0 Å². The summed E-state index contributed by atoms with van der Waals surface area (Å²) in [4.78, 5) is 14.7. The molecule has 1 aliphatic rings. The molecule has 1 aliphatic heterocycles. The topological polar surface area (TPSA) is 20.1 Å². The molecule has 0 saturated carbocycles. The Morgan fingerprint density at radius 2 is 1.36 bits per heavy atom. The molecule has 1 fully saturated rings. The van der Waals surface area contributed by atoms with E-state index in [0.717, 1.165) is 19.4 Å². The fourth-order valence-corrected chi connectivity index (χ4v) is 4.27. The maximum Gasteiger partial charge on any atom is 0.151 e. The summed E-state index contributed by atoms with van der Waals surface area (Å²) in [5.41, 5.74) is 1.32. The fourth-order valence-electron chi connectivity index (χ4n) is 4.27. The summed E-state index contributed by atoms with van der Waals surface area (Å²) >= 11 is 0. The second-order valence-electron chi connectivity index (χ2n) is 8.76. The molecule has 1 unspecified atom stereocenters. The van der Waals surface area contributed by atoms with E-state index >= 15 is 0 Å². The third-order valence-corrected chi connectivity index (χ3v) is 6.33. The van der Waals surface area contributed by atoms with E-state index in [4.69, 9.17) is 0 Å². The molecule has 0 bridgehead atoms. The van der Waals surface area contributed by atoms with Crippen molar-refractivity contribution in [2.75, 3.05) is 6.54 Å². The van der Waals surface area contributed by atoms with Crippen molar-refractivity contribution in [3.8, 4) is 0 Å². The van der Waals surface area contributed by atoms with Crippen LogP contribution in [0.15, 0.2) is 30.3 Å². The Labute approximate surface area is 174 Å². The zero-order chi connectivity index (χ0) is 20.0. The smallest absolute Gasteiger partial charge is 0.151 e. The van der Waals surface area contributed by atoms with Gasteiger partial charge < -0.3 is 0 Å². The summed E-state index contributed by atoms with van der Waals surface area (Å²) in [5, 5.41) is 0. The standard InChI is InChI=1S/C26H43NO/c1-3-4-5-6-7-8-9-10-11-12-13-14-18-21-26(28)25-22-27(25)23(2)24-19-16-15-17-20-24/h15-17,19-20,23,25H,3-14,18,21-22H2,1-2H3/t23-,25+,27?/m1/s1. The highest BCUT2D eigenvalue weighted by atomic mass is 16.1. The SMILES string of the molecule is CCCCCCCCCCCCCCCC(=O)[C@@H]1CN1[C@H](C)c1ccccc1. The van der Waals surface area contributed by atoms with Gasteiger partial charge in [-0.15, -0.1) is 0 Å². The van der Waals surface area contributed by atoms with Gasteiger partial charge in [-0.1, -0.05) is 114 Å². The number of rotatable bonds is 17. The van der Waals surface area contributed by atoms with Crippen LogP contribution in [0.2, 0.25) is 0 Å². The van der Waals surface area contributed by atoms with Crippen molar-refractivity contribution in [3.63, 3.8) is 0 Å². The third-order valence-electron chi connectivity index (χ3n) is 6.33. The van der Waals surface area contributed by atoms with E-state index in [1.165, 1.54) is 82.6 Å². The normalized spacial score (nSPS) is 19.5. The second-order valence-corrected chi connectivity index (χ2v) is 8.76. The molecule has 0 spiro atoms. The Kier molecular flexibility index (Phi) is 11.5. The highest BCUT2D eigenvalue weighted by molar-refractivity contribution is 5.86. The van der Waals surface area contributed by atoms with Crippen molar-refractivity contribution >= 4 is 5.78 Å². The predicted molar refractivity (Wildman–Crippen MR) is 121 cm³/mol. The summed E-state index contributed by atoms with van der Waals surface area (Å²) < 4.78 is 0. The molecule has 0 N–H and O–H groups in total. The summed E-state index contributed by atoms with van der Waals surface area (Å²) in [6.45, 7) is 5.45. The van der Waals surface area contributed by atoms with Gasteiger partial charge in [-0.05, 0) is 18.9 Å². The number of carbonyl (C=O) groups excluding carboxylic acids is 1. The van der Waals surface area contributed by atoms with Gasteiger partial charge >= 0.3 is 0 Å². The van der Waals surface area contributed by atoms with Gasteiger partial charge in [-0.2, -0.15) is 0 Å². The van der Waals surface area contributed by atoms with Gasteiger partial charge in [0.05, 0.1) is 6.04 Å². The highest BCUT2D eigenvalue weighted by Crippen LogP contribution is 2.33. The number of carbonyl (C=O) groups is 1. The molecule has 2 nitrogen and oxygen atoms in total. The molecular formula is C26H43NO. The van der Waals surface area contributed by atoms with Crippen LogP contribution in [0, 0.1) is 0 Å². The largest absolute Gasteiger partial charge is 0.298 e. The molecule has 0 aromatic heterocycles. The quantitative estimate of drug-likeness (QED) is 0.204. The van der Waals surface area contributed by atoms with Gasteiger partial charge in [0.25, 0.3) is 0 Å². The van der Waals surface area contributed by atoms with E-state index in [-0.39, 0.29) is 6.04 Å². The lowest BCUT2D eigenvalue weighted by Crippen LogP contribution is -2.15. The van der Waals surface area contributed by atoms with Crippen LogP contribution in [0.5, 0.6) is 0 Å². The van der Waals surface area contributed by atoms with E-state index < -0.39 is 0 Å². The molecule has 1 heterocycles. The number of Topliss-reactive ketones (excluding diaryl/α,β-unsaturated/α-hetero) is 1. The molecular weight excluding hydrogens is 342 g/mol. The molecule has 1 aromatic rings. The Morgan fingerprint density at radius 3 is 1.89 bits per heavy atom. The van der Waals surface area contributed by atoms with E-state index in [1.807, 2.05) is 0 Å². The van der Waals surface area contributed by atoms with Gasteiger partial charge in [0, 0.05) is 19.0 Å². The number of hydrogen-bond donors (Lipinski definition) is 0. The molecule has 2 rings (SSSR count). The van der Waals surface area contributed by atoms with Crippen molar-refractivity contribution in [1.29, 1.82) is 0 Å². The highest BCUT2D eigenvalue weighted by Gasteiger charge is 2.42. The zero-order valence-electron chi connectivity index (χ0n) is 18.5. The van der Waals surface area contributed by atoms with Crippen LogP contribution in [0.3, 0.4) is 0 Å². The molecule has 2 heteroatoms. The monoisotopic (exact) mass is 385 g/mol. The van der Waals surface area contributed by atoms with Gasteiger partial charge in [0.15, 0.2) is 5.78 Å². The molecule has 1 saturated heterocycles. The number of nitrogens with zero attached hydrogens (tertiary/aromatic N) is 1. The molecule has 3 atom stereocenters. The zero-order valence-corrected chi connectivity index (χ0v) is 18.5. The molecule has 1 aromatic carbocycles. The summed E-state index contributed by atoms with van der Waals surface area (Å²) in [6.07, 6.45) is 18.4. The van der Waals surface area contributed by atoms with Crippen molar-refractivity contribution < 1.29 is 4.79 Å². The first kappa shape index (κ1) is 23.1. The minimum absolute atomic E-state index is 0.188. The molecule has 0 radical (unpaired) electrons. The lowest BCUT2D eigenvalue weighted by atomic mass is 10.0. The summed E-state index contributed by atoms with van der Waals surface area (Å²) in [7, 11) is 0. The maximum absolute atomic E-state index is 12.4. The Hall–Kier alpha value is -1.15. The van der Waals surface area contributed by atoms with Crippen LogP contribution in [0.4, 0.5) is 0 Å². The van der Waals surface area contributed by atoms with Crippen molar-refractivity contribution in [3.05, 3.63) is 35.9 Å². The number of unbranched alkanes of at least 4 members (excludes halogenated alkanes) is 12. The van der Waals surface area contributed by atoms with Crippen LogP contribution in [-0.2, 0) is 4.79 Å². The van der Waals surface area contributed by atoms with E-state index in [2.05, 4.69) is 49.1 Å². The molecule has 0 aliphatic carbocycles. The van der Waals surface area contributed by atoms with Crippen LogP contribution in [-0.4, -0.2) is 23.3 Å². The Morgan fingerprint density at radius 1 is 0.857 bits per heavy atom. The van der Waals surface area contributed by atoms with Crippen LogP contribution >= 0.6 is 0 Å². The fraction of sp³-hybridized carbons (Fsp3) is 0.731. The maximum atomic E-state index is 12.4. The average molecular weight is 386 g/mol. The number of benzene rings is 1. The molecule has 28 heavy (non-hydrogen) atoms. The van der Waals surface area contributed by atoms with Crippen molar-refractivity contribution in [1.82, 2.24) is 4.90 Å². The van der Waals surface area contributed by atoms with Crippen LogP contribution in [0.25, 0.3) is 0 Å². The van der Waals surface area contributed by atoms with Crippen molar-refractivity contribution in [2.45, 2.75) is 116 Å². The molecule has 158 valence electrons. The number of hydrogen-bond acceptors (Lipinski definition) is 2. The van der Waals surface area contributed by atoms with Gasteiger partial charge in [0.1, 0.15) is 0 Å². The average Bonchev–Trinajstić information content (AvgIpc) is 3.52. The van der Waals surface area contributed by atoms with Crippen LogP contribution < -0.4 is 0 Å². The summed E-state index contributed by atoms with van der Waals surface area (Å²) in [6, 6.07) is 11.1. The van der Waals surface area contributed by atoms with E-state index in [9.17, 15) is 4.79 Å². The van der Waals surface area contributed by atoms with Gasteiger partial charge in [0.2, 0.25) is 0 Å². The number of ketones is 1. The van der Waals surface area contributed by atoms with Crippen molar-refractivity contribution in [2.24, 2.45) is 0 Å². The summed E-state index contributed by atoms with van der Waals surface area (Å²) in [5.74, 6) is 0.464. The first-order chi connectivity index (χ1) is 13.7. The lowest BCUT2D eigenvalue weighted by molar-refractivity contribution is -0.119. The predicted octanol–water partition coefficient (Wildman–Crippen LogP) is 7.48. The Bertz CT molecular complexity index is 526. The Balaban J connectivity index is 1.40. The molecule has 0 amide bonds. The first-order valence-corrected chi connectivity index (χ1v) is 12.1. The first-order valence-electron chi connectivity index (χ1n) is 12.1. The van der Waals surface area contributed by atoms with Gasteiger partial charge in [-0.3, -0.25) is 9.69 Å². The minimum atomic E-state index is 0.188. The second kappa shape index (κ2) is 13.9. The third kappa shape index (κ3) is 8.90.